The Balaban J connectivity index is 0.00000243. The van der Waals surface area contributed by atoms with Crippen LogP contribution in [0.2, 0.25) is 0 Å². The molecule has 0 spiro atoms. The molecule has 146 valence electrons. The molecule has 1 unspecified atom stereocenters. The van der Waals surface area contributed by atoms with Gasteiger partial charge in [0.15, 0.2) is 17.5 Å². The lowest BCUT2D eigenvalue weighted by Crippen LogP contribution is -2.51. The van der Waals surface area contributed by atoms with Crippen molar-refractivity contribution in [3.63, 3.8) is 0 Å². The van der Waals surface area contributed by atoms with Crippen LogP contribution < -0.4 is 15.4 Å². The number of guanidine groups is 1. The van der Waals surface area contributed by atoms with Gasteiger partial charge in [0.2, 0.25) is 0 Å². The first kappa shape index (κ1) is 21.2. The van der Waals surface area contributed by atoms with Gasteiger partial charge in [0.25, 0.3) is 0 Å². The van der Waals surface area contributed by atoms with Crippen molar-refractivity contribution in [1.29, 1.82) is 0 Å². The van der Waals surface area contributed by atoms with Crippen molar-refractivity contribution in [2.45, 2.75) is 32.7 Å². The first-order valence-electron chi connectivity index (χ1n) is 8.96. The highest BCUT2D eigenvalue weighted by Gasteiger charge is 2.33. The lowest BCUT2D eigenvalue weighted by Gasteiger charge is -2.38. The van der Waals surface area contributed by atoms with E-state index in [4.69, 9.17) is 9.47 Å². The second-order valence-electron chi connectivity index (χ2n) is 7.54. The summed E-state index contributed by atoms with van der Waals surface area (Å²) in [7, 11) is 1.73. The summed E-state index contributed by atoms with van der Waals surface area (Å²) in [6.45, 7) is 7.10. The molecule has 3 rings (SSSR count). The topological polar surface area (TPSA) is 54.9 Å². The summed E-state index contributed by atoms with van der Waals surface area (Å²) in [5.41, 5.74) is 1.02. The fraction of sp³-hybridized carbons (Fsp3) is 0.632. The van der Waals surface area contributed by atoms with Crippen molar-refractivity contribution in [1.82, 2.24) is 10.6 Å². The predicted octanol–water partition coefficient (Wildman–Crippen LogP) is 3.50. The zero-order chi connectivity index (χ0) is 17.9. The van der Waals surface area contributed by atoms with Gasteiger partial charge >= 0.3 is 0 Å². The van der Waals surface area contributed by atoms with Crippen LogP contribution in [0.3, 0.4) is 0 Å². The molecule has 1 aliphatic carbocycles. The van der Waals surface area contributed by atoms with Crippen LogP contribution >= 0.6 is 24.0 Å². The molecule has 1 saturated carbocycles. The molecular weight excluding hydrogens is 448 g/mol. The summed E-state index contributed by atoms with van der Waals surface area (Å²) < 4.78 is 25.1. The lowest BCUT2D eigenvalue weighted by atomic mass is 9.89. The number of aliphatic imine (C=N–C) groups is 1. The minimum absolute atomic E-state index is 0. The number of ether oxygens (including phenoxy) is 2. The predicted molar refractivity (Wildman–Crippen MR) is 112 cm³/mol. The van der Waals surface area contributed by atoms with Crippen molar-refractivity contribution in [3.05, 3.63) is 29.6 Å². The third-order valence-electron chi connectivity index (χ3n) is 4.79. The summed E-state index contributed by atoms with van der Waals surface area (Å²) in [5, 5.41) is 6.62. The number of nitrogens with zero attached hydrogens (tertiary/aromatic N) is 1. The van der Waals surface area contributed by atoms with Crippen molar-refractivity contribution < 1.29 is 13.9 Å². The molecule has 0 aromatic heterocycles. The molecular formula is C19H29FIN3O2. The van der Waals surface area contributed by atoms with E-state index < -0.39 is 0 Å². The Morgan fingerprint density at radius 3 is 2.69 bits per heavy atom. The molecule has 1 aromatic rings. The van der Waals surface area contributed by atoms with Gasteiger partial charge in [-0.25, -0.2) is 4.39 Å². The highest BCUT2D eigenvalue weighted by Crippen LogP contribution is 2.30. The highest BCUT2D eigenvalue weighted by atomic mass is 127. The molecule has 26 heavy (non-hydrogen) atoms. The van der Waals surface area contributed by atoms with E-state index in [-0.39, 0.29) is 41.3 Å². The molecule has 5 nitrogen and oxygen atoms in total. The quantitative estimate of drug-likeness (QED) is 0.359. The molecule has 0 radical (unpaired) electrons. The number of nitrogens with one attached hydrogen (secondary N) is 2. The Hall–Kier alpha value is -1.09. The Morgan fingerprint density at radius 1 is 1.42 bits per heavy atom. The third-order valence-corrected chi connectivity index (χ3v) is 4.79. The first-order valence-corrected chi connectivity index (χ1v) is 8.96. The molecule has 2 fully saturated rings. The van der Waals surface area contributed by atoms with E-state index in [1.165, 1.54) is 18.9 Å². The summed E-state index contributed by atoms with van der Waals surface area (Å²) >= 11 is 0. The summed E-state index contributed by atoms with van der Waals surface area (Å²) in [6, 6.07) is 5.09. The fourth-order valence-electron chi connectivity index (χ4n) is 2.73. The van der Waals surface area contributed by atoms with Gasteiger partial charge in [0.1, 0.15) is 0 Å². The zero-order valence-electron chi connectivity index (χ0n) is 15.7. The monoisotopic (exact) mass is 477 g/mol. The van der Waals surface area contributed by atoms with E-state index >= 15 is 0 Å². The third kappa shape index (κ3) is 5.70. The number of hydrogen-bond donors (Lipinski definition) is 2. The largest absolute Gasteiger partial charge is 0.490 e. The van der Waals surface area contributed by atoms with Crippen molar-refractivity contribution >= 4 is 29.9 Å². The van der Waals surface area contributed by atoms with E-state index in [1.807, 2.05) is 13.0 Å². The van der Waals surface area contributed by atoms with Crippen molar-refractivity contribution in [2.75, 3.05) is 33.4 Å². The normalized spacial score (nSPS) is 19.8. The first-order chi connectivity index (χ1) is 12.0. The molecule has 7 heteroatoms. The number of hydrogen-bond acceptors (Lipinski definition) is 3. The van der Waals surface area contributed by atoms with Gasteiger partial charge in [-0.3, -0.25) is 4.99 Å². The Kier molecular flexibility index (Phi) is 7.52. The average Bonchev–Trinajstić information content (AvgIpc) is 3.39. The molecule has 0 bridgehead atoms. The summed E-state index contributed by atoms with van der Waals surface area (Å²) in [4.78, 5) is 4.25. The van der Waals surface area contributed by atoms with Crippen LogP contribution in [-0.2, 0) is 4.74 Å². The molecule has 1 heterocycles. The number of benzene rings is 1. The molecule has 2 N–H and O–H groups in total. The van der Waals surface area contributed by atoms with E-state index in [9.17, 15) is 4.39 Å². The van der Waals surface area contributed by atoms with Crippen LogP contribution in [-0.4, -0.2) is 39.4 Å². The molecule has 1 atom stereocenters. The SMILES string of the molecule is CN=C(NCC1(C)COC1)NC(C)c1ccc(OCC2CC2)c(F)c1.I. The van der Waals surface area contributed by atoms with E-state index in [1.54, 1.807) is 13.1 Å². The van der Waals surface area contributed by atoms with E-state index in [0.29, 0.717) is 24.2 Å². The summed E-state index contributed by atoms with van der Waals surface area (Å²) in [6.07, 6.45) is 2.38. The van der Waals surface area contributed by atoms with Crippen LogP contribution in [0.15, 0.2) is 23.2 Å². The minimum atomic E-state index is -0.311. The van der Waals surface area contributed by atoms with Gasteiger partial charge in [-0.15, -0.1) is 24.0 Å². The van der Waals surface area contributed by atoms with Crippen molar-refractivity contribution in [3.8, 4) is 5.75 Å². The maximum Gasteiger partial charge on any atom is 0.191 e. The van der Waals surface area contributed by atoms with Crippen LogP contribution in [0.1, 0.15) is 38.3 Å². The van der Waals surface area contributed by atoms with Gasteiger partial charge < -0.3 is 20.1 Å². The molecule has 2 aliphatic rings. The second-order valence-corrected chi connectivity index (χ2v) is 7.54. The van der Waals surface area contributed by atoms with Crippen LogP contribution in [0.5, 0.6) is 5.75 Å². The molecule has 1 aromatic carbocycles. The average molecular weight is 477 g/mol. The molecule has 0 amide bonds. The summed E-state index contributed by atoms with van der Waals surface area (Å²) in [5.74, 6) is 1.34. The van der Waals surface area contributed by atoms with E-state index in [2.05, 4.69) is 22.5 Å². The van der Waals surface area contributed by atoms with E-state index in [0.717, 1.165) is 25.3 Å². The van der Waals surface area contributed by atoms with Gasteiger partial charge in [-0.05, 0) is 43.4 Å². The van der Waals surface area contributed by atoms with Gasteiger partial charge in [0, 0.05) is 19.0 Å². The van der Waals surface area contributed by atoms with Gasteiger partial charge in [-0.1, -0.05) is 13.0 Å². The van der Waals surface area contributed by atoms with Gasteiger partial charge in [0.05, 0.1) is 25.9 Å². The number of rotatable bonds is 7. The Bertz CT molecular complexity index is 633. The second kappa shape index (κ2) is 9.21. The van der Waals surface area contributed by atoms with Crippen molar-refractivity contribution in [2.24, 2.45) is 16.3 Å². The Labute approximate surface area is 172 Å². The Morgan fingerprint density at radius 2 is 2.15 bits per heavy atom. The van der Waals surface area contributed by atoms with Gasteiger partial charge in [-0.2, -0.15) is 0 Å². The highest BCUT2D eigenvalue weighted by molar-refractivity contribution is 14.0. The molecule has 1 saturated heterocycles. The van der Waals surface area contributed by atoms with Crippen LogP contribution in [0, 0.1) is 17.2 Å². The smallest absolute Gasteiger partial charge is 0.191 e. The number of halogens is 2. The van der Waals surface area contributed by atoms with Crippen LogP contribution in [0.25, 0.3) is 0 Å². The maximum atomic E-state index is 14.2. The van der Waals surface area contributed by atoms with Crippen LogP contribution in [0.4, 0.5) is 4.39 Å². The zero-order valence-corrected chi connectivity index (χ0v) is 18.0. The molecule has 1 aliphatic heterocycles. The lowest BCUT2D eigenvalue weighted by molar-refractivity contribution is -0.0971. The minimum Gasteiger partial charge on any atom is -0.490 e. The maximum absolute atomic E-state index is 14.2. The fourth-order valence-corrected chi connectivity index (χ4v) is 2.73. The standard InChI is InChI=1S/C19H28FN3O2.HI/c1-13(23-18(21-3)22-10-19(2)11-24-12-19)15-6-7-17(16(20)8-15)25-9-14-4-5-14;/h6-8,13-14H,4-5,9-12H2,1-3H3,(H2,21,22,23);1H.